The third-order valence-electron chi connectivity index (χ3n) is 2.91. The molecule has 0 bridgehead atoms. The fourth-order valence-electron chi connectivity index (χ4n) is 1.83. The van der Waals surface area contributed by atoms with Gasteiger partial charge in [0.05, 0.1) is 7.11 Å². The molecular formula is C17H16BrNO2. The quantitative estimate of drug-likeness (QED) is 0.632. The highest BCUT2D eigenvalue weighted by molar-refractivity contribution is 9.10. The van der Waals surface area contributed by atoms with Crippen molar-refractivity contribution < 1.29 is 9.53 Å². The third kappa shape index (κ3) is 4.46. The van der Waals surface area contributed by atoms with Crippen LogP contribution in [0.2, 0.25) is 0 Å². The van der Waals surface area contributed by atoms with E-state index in [0.29, 0.717) is 5.56 Å². The Morgan fingerprint density at radius 1 is 1.10 bits per heavy atom. The molecule has 1 N–H and O–H groups in total. The molecule has 0 aliphatic carbocycles. The number of halogens is 1. The summed E-state index contributed by atoms with van der Waals surface area (Å²) in [6.07, 6.45) is 1.59. The Morgan fingerprint density at radius 2 is 1.71 bits per heavy atom. The topological polar surface area (TPSA) is 38.3 Å². The van der Waals surface area contributed by atoms with E-state index in [1.54, 1.807) is 25.3 Å². The SMILES string of the molecule is COc1ccc(NC(C)=CC(=O)c2ccc(Br)cc2)cc1. The Morgan fingerprint density at radius 3 is 2.29 bits per heavy atom. The van der Waals surface area contributed by atoms with E-state index in [4.69, 9.17) is 4.74 Å². The van der Waals surface area contributed by atoms with Gasteiger partial charge in [-0.3, -0.25) is 4.79 Å². The summed E-state index contributed by atoms with van der Waals surface area (Å²) in [5.41, 5.74) is 2.36. The Hall–Kier alpha value is -2.07. The van der Waals surface area contributed by atoms with Crippen LogP contribution in [0.25, 0.3) is 0 Å². The lowest BCUT2D eigenvalue weighted by Crippen LogP contribution is -2.01. The maximum Gasteiger partial charge on any atom is 0.187 e. The van der Waals surface area contributed by atoms with E-state index in [9.17, 15) is 4.79 Å². The van der Waals surface area contributed by atoms with Gasteiger partial charge in [-0.05, 0) is 55.5 Å². The largest absolute Gasteiger partial charge is 0.497 e. The van der Waals surface area contributed by atoms with Crippen molar-refractivity contribution in [3.8, 4) is 5.75 Å². The lowest BCUT2D eigenvalue weighted by atomic mass is 10.1. The average Bonchev–Trinajstić information content (AvgIpc) is 2.48. The van der Waals surface area contributed by atoms with Gasteiger partial charge in [0, 0.05) is 27.5 Å². The number of hydrogen-bond donors (Lipinski definition) is 1. The molecule has 0 unspecified atom stereocenters. The molecule has 0 heterocycles. The number of nitrogens with one attached hydrogen (secondary N) is 1. The molecule has 2 aromatic rings. The van der Waals surface area contributed by atoms with Gasteiger partial charge in [0.25, 0.3) is 0 Å². The highest BCUT2D eigenvalue weighted by Crippen LogP contribution is 2.17. The van der Waals surface area contributed by atoms with Crippen LogP contribution in [0.3, 0.4) is 0 Å². The zero-order chi connectivity index (χ0) is 15.2. The number of hydrogen-bond acceptors (Lipinski definition) is 3. The zero-order valence-electron chi connectivity index (χ0n) is 11.9. The van der Waals surface area contributed by atoms with Crippen LogP contribution >= 0.6 is 15.9 Å². The fourth-order valence-corrected chi connectivity index (χ4v) is 2.10. The number of benzene rings is 2. The predicted octanol–water partition coefficient (Wildman–Crippen LogP) is 4.66. The molecule has 0 fully saturated rings. The van der Waals surface area contributed by atoms with Crippen LogP contribution in [0.1, 0.15) is 17.3 Å². The molecule has 0 spiro atoms. The van der Waals surface area contributed by atoms with Crippen LogP contribution in [-0.4, -0.2) is 12.9 Å². The van der Waals surface area contributed by atoms with Crippen LogP contribution in [0, 0.1) is 0 Å². The van der Waals surface area contributed by atoms with Gasteiger partial charge in [0.15, 0.2) is 5.78 Å². The summed E-state index contributed by atoms with van der Waals surface area (Å²) in [6, 6.07) is 14.8. The van der Waals surface area contributed by atoms with E-state index < -0.39 is 0 Å². The monoisotopic (exact) mass is 345 g/mol. The molecule has 0 radical (unpaired) electrons. The second-order valence-electron chi connectivity index (χ2n) is 4.55. The highest BCUT2D eigenvalue weighted by atomic mass is 79.9. The van der Waals surface area contributed by atoms with Crippen molar-refractivity contribution in [1.29, 1.82) is 0 Å². The predicted molar refractivity (Wildman–Crippen MR) is 88.8 cm³/mol. The molecule has 0 aromatic heterocycles. The second kappa shape index (κ2) is 7.09. The lowest BCUT2D eigenvalue weighted by molar-refractivity contribution is 0.104. The maximum absolute atomic E-state index is 12.1. The van der Waals surface area contributed by atoms with Gasteiger partial charge in [-0.25, -0.2) is 0 Å². The Bertz CT molecular complexity index is 645. The standard InChI is InChI=1S/C17H16BrNO2/c1-12(19-15-7-9-16(21-2)10-8-15)11-17(20)13-3-5-14(18)6-4-13/h3-11,19H,1-2H3. The van der Waals surface area contributed by atoms with Gasteiger partial charge in [-0.2, -0.15) is 0 Å². The van der Waals surface area contributed by atoms with Gasteiger partial charge < -0.3 is 10.1 Å². The molecule has 0 amide bonds. The van der Waals surface area contributed by atoms with Gasteiger partial charge in [-0.15, -0.1) is 0 Å². The van der Waals surface area contributed by atoms with Crippen molar-refractivity contribution in [2.45, 2.75) is 6.92 Å². The molecule has 2 rings (SSSR count). The summed E-state index contributed by atoms with van der Waals surface area (Å²) < 4.78 is 6.06. The molecule has 108 valence electrons. The minimum absolute atomic E-state index is 0.0268. The van der Waals surface area contributed by atoms with E-state index in [0.717, 1.165) is 21.6 Å². The van der Waals surface area contributed by atoms with Gasteiger partial charge >= 0.3 is 0 Å². The van der Waals surface area contributed by atoms with Crippen molar-refractivity contribution in [3.63, 3.8) is 0 Å². The number of methoxy groups -OCH3 is 1. The molecule has 0 aliphatic heterocycles. The fraction of sp³-hybridized carbons (Fsp3) is 0.118. The lowest BCUT2D eigenvalue weighted by Gasteiger charge is -2.07. The second-order valence-corrected chi connectivity index (χ2v) is 5.47. The number of ketones is 1. The molecule has 21 heavy (non-hydrogen) atoms. The summed E-state index contributed by atoms with van der Waals surface area (Å²) in [6.45, 7) is 1.86. The summed E-state index contributed by atoms with van der Waals surface area (Å²) in [4.78, 5) is 12.1. The molecule has 2 aromatic carbocycles. The number of carbonyl (C=O) groups excluding carboxylic acids is 1. The number of allylic oxidation sites excluding steroid dienone is 2. The molecule has 0 atom stereocenters. The molecule has 0 aliphatic rings. The smallest absolute Gasteiger partial charge is 0.187 e. The Balaban J connectivity index is 2.05. The first-order valence-electron chi connectivity index (χ1n) is 6.48. The van der Waals surface area contributed by atoms with Gasteiger partial charge in [-0.1, -0.05) is 15.9 Å². The highest BCUT2D eigenvalue weighted by Gasteiger charge is 2.03. The normalized spacial score (nSPS) is 11.1. The van der Waals surface area contributed by atoms with Crippen molar-refractivity contribution >= 4 is 27.4 Å². The number of anilines is 1. The van der Waals surface area contributed by atoms with Crippen LogP contribution < -0.4 is 10.1 Å². The van der Waals surface area contributed by atoms with Crippen molar-refractivity contribution in [3.05, 3.63) is 70.3 Å². The van der Waals surface area contributed by atoms with Crippen LogP contribution in [0.5, 0.6) is 5.75 Å². The zero-order valence-corrected chi connectivity index (χ0v) is 13.5. The first-order chi connectivity index (χ1) is 10.1. The first-order valence-corrected chi connectivity index (χ1v) is 7.27. The Kier molecular flexibility index (Phi) is 5.17. The number of carbonyl (C=O) groups is 1. The molecular weight excluding hydrogens is 330 g/mol. The van der Waals surface area contributed by atoms with Gasteiger partial charge in [0.1, 0.15) is 5.75 Å². The van der Waals surface area contributed by atoms with Crippen LogP contribution in [0.4, 0.5) is 5.69 Å². The van der Waals surface area contributed by atoms with Crippen molar-refractivity contribution in [2.24, 2.45) is 0 Å². The molecule has 3 nitrogen and oxygen atoms in total. The maximum atomic E-state index is 12.1. The van der Waals surface area contributed by atoms with Crippen molar-refractivity contribution in [1.82, 2.24) is 0 Å². The molecule has 4 heteroatoms. The van der Waals surface area contributed by atoms with Crippen LogP contribution in [-0.2, 0) is 0 Å². The number of rotatable bonds is 5. The summed E-state index contributed by atoms with van der Waals surface area (Å²) >= 11 is 3.35. The van der Waals surface area contributed by atoms with Crippen molar-refractivity contribution in [2.75, 3.05) is 12.4 Å². The average molecular weight is 346 g/mol. The van der Waals surface area contributed by atoms with E-state index >= 15 is 0 Å². The van der Waals surface area contributed by atoms with E-state index in [1.165, 1.54) is 0 Å². The minimum atomic E-state index is -0.0268. The molecule has 0 saturated heterocycles. The first kappa shape index (κ1) is 15.3. The number of ether oxygens (including phenoxy) is 1. The Labute approximate surface area is 132 Å². The third-order valence-corrected chi connectivity index (χ3v) is 3.44. The van der Waals surface area contributed by atoms with E-state index in [1.807, 2.05) is 43.3 Å². The summed E-state index contributed by atoms with van der Waals surface area (Å²) in [7, 11) is 1.63. The summed E-state index contributed by atoms with van der Waals surface area (Å²) in [5.74, 6) is 0.772. The molecule has 0 saturated carbocycles. The summed E-state index contributed by atoms with van der Waals surface area (Å²) in [5, 5.41) is 3.18. The van der Waals surface area contributed by atoms with Gasteiger partial charge in [0.2, 0.25) is 0 Å². The van der Waals surface area contributed by atoms with E-state index in [2.05, 4.69) is 21.2 Å². The van der Waals surface area contributed by atoms with E-state index in [-0.39, 0.29) is 5.78 Å². The minimum Gasteiger partial charge on any atom is -0.497 e. The van der Waals surface area contributed by atoms with Crippen LogP contribution in [0.15, 0.2) is 64.8 Å².